The van der Waals surface area contributed by atoms with Crippen molar-refractivity contribution in [1.29, 1.82) is 0 Å². The molecule has 2 N–H and O–H groups in total. The zero-order chi connectivity index (χ0) is 22.6. The molecule has 2 fully saturated rings. The molecule has 0 radical (unpaired) electrons. The van der Waals surface area contributed by atoms with Crippen LogP contribution in [-0.2, 0) is 32.6 Å². The fourth-order valence-electron chi connectivity index (χ4n) is 3.78. The van der Waals surface area contributed by atoms with Crippen molar-refractivity contribution in [3.8, 4) is 0 Å². The first kappa shape index (κ1) is 22.5. The molecule has 1 saturated carbocycles. The number of rotatable bonds is 9. The predicted octanol–water partition coefficient (Wildman–Crippen LogP) is 2.89. The van der Waals surface area contributed by atoms with Gasteiger partial charge in [-0.05, 0) is 67.5 Å². The van der Waals surface area contributed by atoms with Crippen LogP contribution in [0.25, 0.3) is 0 Å². The lowest BCUT2D eigenvalue weighted by Crippen LogP contribution is -2.35. The van der Waals surface area contributed by atoms with Crippen LogP contribution in [0.3, 0.4) is 0 Å². The van der Waals surface area contributed by atoms with Gasteiger partial charge in [-0.15, -0.1) is 0 Å². The fourth-order valence-corrected chi connectivity index (χ4v) is 5.09. The first-order valence-electron chi connectivity index (χ1n) is 11.2. The van der Waals surface area contributed by atoms with E-state index in [1.165, 1.54) is 0 Å². The number of benzene rings is 2. The summed E-state index contributed by atoms with van der Waals surface area (Å²) < 4.78 is 27.1. The molecule has 0 aromatic heterocycles. The third-order valence-corrected chi connectivity index (χ3v) is 7.35. The van der Waals surface area contributed by atoms with E-state index in [0.29, 0.717) is 25.8 Å². The van der Waals surface area contributed by atoms with Crippen LogP contribution in [0.5, 0.6) is 0 Å². The molecule has 4 rings (SSSR count). The maximum atomic E-state index is 12.3. The Morgan fingerprint density at radius 2 is 1.81 bits per heavy atom. The Morgan fingerprint density at radius 3 is 2.53 bits per heavy atom. The third kappa shape index (κ3) is 5.95. The molecule has 1 saturated heterocycles. The van der Waals surface area contributed by atoms with E-state index >= 15 is 0 Å². The number of nitrogens with one attached hydrogen (secondary N) is 2. The van der Waals surface area contributed by atoms with Gasteiger partial charge in [-0.25, -0.2) is 13.1 Å². The Bertz CT molecular complexity index is 1080. The Hall–Kier alpha value is -2.71. The summed E-state index contributed by atoms with van der Waals surface area (Å²) in [5.41, 5.74) is 2.75. The first-order chi connectivity index (χ1) is 15.4. The molecule has 1 aliphatic heterocycles. The second kappa shape index (κ2) is 9.83. The lowest BCUT2D eigenvalue weighted by molar-refractivity contribution is -0.121. The highest BCUT2D eigenvalue weighted by Gasteiger charge is 2.27. The molecular weight excluding hydrogens is 426 g/mol. The van der Waals surface area contributed by atoms with Crippen LogP contribution in [-0.4, -0.2) is 32.8 Å². The van der Waals surface area contributed by atoms with E-state index in [1.54, 1.807) is 24.3 Å². The van der Waals surface area contributed by atoms with Crippen molar-refractivity contribution in [3.63, 3.8) is 0 Å². The highest BCUT2D eigenvalue weighted by atomic mass is 32.2. The molecule has 2 aromatic rings. The summed E-state index contributed by atoms with van der Waals surface area (Å²) in [6, 6.07) is 14.5. The first-order valence-corrected chi connectivity index (χ1v) is 12.7. The number of nitrogens with zero attached hydrogens (tertiary/aromatic N) is 1. The molecule has 2 aromatic carbocycles. The normalized spacial score (nSPS) is 16.8. The van der Waals surface area contributed by atoms with E-state index in [4.69, 9.17) is 0 Å². The van der Waals surface area contributed by atoms with Gasteiger partial charge in [0, 0.05) is 37.7 Å². The van der Waals surface area contributed by atoms with Gasteiger partial charge in [-0.3, -0.25) is 9.59 Å². The van der Waals surface area contributed by atoms with E-state index in [1.807, 2.05) is 29.2 Å². The van der Waals surface area contributed by atoms with Crippen LogP contribution in [0.1, 0.15) is 49.7 Å². The van der Waals surface area contributed by atoms with Gasteiger partial charge in [0.1, 0.15) is 0 Å². The molecule has 1 aliphatic carbocycles. The molecule has 0 bridgehead atoms. The van der Waals surface area contributed by atoms with Gasteiger partial charge in [0.05, 0.1) is 4.90 Å². The Labute approximate surface area is 189 Å². The van der Waals surface area contributed by atoms with Crippen LogP contribution in [0.2, 0.25) is 0 Å². The van der Waals surface area contributed by atoms with Crippen molar-refractivity contribution >= 4 is 27.5 Å². The van der Waals surface area contributed by atoms with Gasteiger partial charge in [0.2, 0.25) is 21.8 Å². The van der Waals surface area contributed by atoms with Crippen LogP contribution < -0.4 is 14.9 Å². The second-order valence-electron chi connectivity index (χ2n) is 8.49. The molecule has 32 heavy (non-hydrogen) atoms. The van der Waals surface area contributed by atoms with Crippen molar-refractivity contribution in [2.75, 3.05) is 11.4 Å². The molecule has 170 valence electrons. The van der Waals surface area contributed by atoms with Crippen molar-refractivity contribution in [1.82, 2.24) is 10.0 Å². The minimum atomic E-state index is -3.45. The van der Waals surface area contributed by atoms with E-state index in [0.717, 1.165) is 49.0 Å². The van der Waals surface area contributed by atoms with Crippen LogP contribution in [0.4, 0.5) is 5.69 Å². The number of hydrogen-bond donors (Lipinski definition) is 2. The highest BCUT2D eigenvalue weighted by Crippen LogP contribution is 2.23. The van der Waals surface area contributed by atoms with Crippen LogP contribution in [0, 0.1) is 0 Å². The number of hydrogen-bond acceptors (Lipinski definition) is 4. The minimum absolute atomic E-state index is 0.0726. The predicted molar refractivity (Wildman–Crippen MR) is 123 cm³/mol. The standard InChI is InChI=1S/C24H29N3O4S/c28-23(14-9-18-7-12-22(13-8-18)32(30,31)26-20-10-11-20)25-17-19-4-3-5-21(16-19)27-15-2-1-6-24(27)29/h3-5,7-8,12-13,16,20,26H,1-2,6,9-11,14-15,17H2,(H,25,28). The topological polar surface area (TPSA) is 95.6 Å². The van der Waals surface area contributed by atoms with Gasteiger partial charge < -0.3 is 10.2 Å². The monoisotopic (exact) mass is 455 g/mol. The van der Waals surface area contributed by atoms with Gasteiger partial charge in [0.25, 0.3) is 0 Å². The fraction of sp³-hybridized carbons (Fsp3) is 0.417. The molecule has 2 aliphatic rings. The van der Waals surface area contributed by atoms with Gasteiger partial charge in [0.15, 0.2) is 0 Å². The smallest absolute Gasteiger partial charge is 0.240 e. The lowest BCUT2D eigenvalue weighted by Gasteiger charge is -2.27. The van der Waals surface area contributed by atoms with E-state index in [2.05, 4.69) is 10.0 Å². The van der Waals surface area contributed by atoms with Gasteiger partial charge in [-0.2, -0.15) is 0 Å². The van der Waals surface area contributed by atoms with E-state index in [-0.39, 0.29) is 22.8 Å². The molecular formula is C24H29N3O4S. The number of carbonyl (C=O) groups excluding carboxylic acids is 2. The Balaban J connectivity index is 1.25. The SMILES string of the molecule is O=C(CCc1ccc(S(=O)(=O)NC2CC2)cc1)NCc1cccc(N2CCCCC2=O)c1. The Morgan fingerprint density at radius 1 is 1.03 bits per heavy atom. The lowest BCUT2D eigenvalue weighted by atomic mass is 10.1. The zero-order valence-electron chi connectivity index (χ0n) is 18.0. The summed E-state index contributed by atoms with van der Waals surface area (Å²) in [5, 5.41) is 2.93. The van der Waals surface area contributed by atoms with Gasteiger partial charge in [-0.1, -0.05) is 24.3 Å². The number of anilines is 1. The van der Waals surface area contributed by atoms with E-state index in [9.17, 15) is 18.0 Å². The number of sulfonamides is 1. The summed E-state index contributed by atoms with van der Waals surface area (Å²) >= 11 is 0. The molecule has 2 amide bonds. The maximum absolute atomic E-state index is 12.3. The second-order valence-corrected chi connectivity index (χ2v) is 10.2. The van der Waals surface area contributed by atoms with Crippen LogP contribution in [0.15, 0.2) is 53.4 Å². The number of aryl methyl sites for hydroxylation is 1. The van der Waals surface area contributed by atoms with Crippen molar-refractivity contribution in [3.05, 3.63) is 59.7 Å². The Kier molecular flexibility index (Phi) is 6.91. The average molecular weight is 456 g/mol. The summed E-state index contributed by atoms with van der Waals surface area (Å²) in [6.07, 6.45) is 5.18. The summed E-state index contributed by atoms with van der Waals surface area (Å²) in [7, 11) is -3.45. The molecule has 1 heterocycles. The summed E-state index contributed by atoms with van der Waals surface area (Å²) in [5.74, 6) is 0.0797. The molecule has 8 heteroatoms. The number of amides is 2. The van der Waals surface area contributed by atoms with E-state index < -0.39 is 10.0 Å². The summed E-state index contributed by atoms with van der Waals surface area (Å²) in [6.45, 7) is 1.14. The van der Waals surface area contributed by atoms with Crippen molar-refractivity contribution in [2.24, 2.45) is 0 Å². The van der Waals surface area contributed by atoms with Crippen molar-refractivity contribution < 1.29 is 18.0 Å². The summed E-state index contributed by atoms with van der Waals surface area (Å²) in [4.78, 5) is 26.5. The van der Waals surface area contributed by atoms with Gasteiger partial charge >= 0.3 is 0 Å². The minimum Gasteiger partial charge on any atom is -0.352 e. The third-order valence-electron chi connectivity index (χ3n) is 5.81. The zero-order valence-corrected chi connectivity index (χ0v) is 18.9. The van der Waals surface area contributed by atoms with Crippen LogP contribution >= 0.6 is 0 Å². The molecule has 7 nitrogen and oxygen atoms in total. The van der Waals surface area contributed by atoms with Crippen molar-refractivity contribution in [2.45, 2.75) is 62.4 Å². The molecule has 0 spiro atoms. The molecule has 0 atom stereocenters. The largest absolute Gasteiger partial charge is 0.352 e. The number of piperidine rings is 1. The number of carbonyl (C=O) groups is 2. The molecule has 0 unspecified atom stereocenters. The average Bonchev–Trinajstić information content (AvgIpc) is 3.60. The highest BCUT2D eigenvalue weighted by molar-refractivity contribution is 7.89. The quantitative estimate of drug-likeness (QED) is 0.608. The maximum Gasteiger partial charge on any atom is 0.240 e.